The third kappa shape index (κ3) is 2.32. The van der Waals surface area contributed by atoms with E-state index in [-0.39, 0.29) is 0 Å². The lowest BCUT2D eigenvalue weighted by atomic mass is 10.1. The Morgan fingerprint density at radius 1 is 0.913 bits per heavy atom. The number of hydrogen-bond acceptors (Lipinski definition) is 3. The highest BCUT2D eigenvalue weighted by Crippen LogP contribution is 2.31. The Labute approximate surface area is 134 Å². The molecule has 0 radical (unpaired) electrons. The summed E-state index contributed by atoms with van der Waals surface area (Å²) < 4.78 is 2.35. The second kappa shape index (κ2) is 5.39. The van der Waals surface area contributed by atoms with Crippen molar-refractivity contribution < 1.29 is 0 Å². The van der Waals surface area contributed by atoms with E-state index in [1.165, 1.54) is 21.8 Å². The number of aryl methyl sites for hydroxylation is 2. The molecule has 0 saturated carbocycles. The zero-order chi connectivity index (χ0) is 15.8. The van der Waals surface area contributed by atoms with Crippen LogP contribution in [0, 0.1) is 6.92 Å². The van der Waals surface area contributed by atoms with E-state index in [1.54, 1.807) is 0 Å². The first kappa shape index (κ1) is 13.8. The van der Waals surface area contributed by atoms with Crippen molar-refractivity contribution in [1.29, 1.82) is 0 Å². The maximum atomic E-state index is 4.17. The Morgan fingerprint density at radius 2 is 1.74 bits per heavy atom. The number of nitrogens with one attached hydrogen (secondary N) is 1. The third-order valence-corrected chi connectivity index (χ3v) is 4.16. The monoisotopic (exact) mass is 302 g/mol. The quantitative estimate of drug-likeness (QED) is 0.598. The molecule has 1 N–H and O–H groups in total. The number of rotatable bonds is 3. The maximum absolute atomic E-state index is 4.17. The Bertz CT molecular complexity index is 984. The highest BCUT2D eigenvalue weighted by Gasteiger charge is 2.09. The van der Waals surface area contributed by atoms with Crippen molar-refractivity contribution in [2.75, 3.05) is 5.32 Å². The van der Waals surface area contributed by atoms with E-state index in [1.807, 2.05) is 19.1 Å². The molecule has 2 aromatic heterocycles. The van der Waals surface area contributed by atoms with Crippen LogP contribution in [0.25, 0.3) is 21.8 Å². The van der Waals surface area contributed by atoms with Gasteiger partial charge in [0, 0.05) is 34.0 Å². The van der Waals surface area contributed by atoms with Gasteiger partial charge < -0.3 is 9.88 Å². The van der Waals surface area contributed by atoms with Gasteiger partial charge in [0.15, 0.2) is 5.82 Å². The van der Waals surface area contributed by atoms with Crippen LogP contribution in [-0.2, 0) is 6.54 Å². The minimum Gasteiger partial charge on any atom is -0.341 e. The molecule has 0 aliphatic rings. The zero-order valence-electron chi connectivity index (χ0n) is 13.2. The molecular weight excluding hydrogens is 284 g/mol. The van der Waals surface area contributed by atoms with E-state index in [2.05, 4.69) is 69.5 Å². The molecule has 2 heterocycles. The molecule has 0 aliphatic heterocycles. The summed E-state index contributed by atoms with van der Waals surface area (Å²) in [5.74, 6) is 0.758. The van der Waals surface area contributed by atoms with E-state index < -0.39 is 0 Å². The minimum absolute atomic E-state index is 0.758. The van der Waals surface area contributed by atoms with Crippen LogP contribution in [0.3, 0.4) is 0 Å². The highest BCUT2D eigenvalue weighted by atomic mass is 15.2. The lowest BCUT2D eigenvalue weighted by molar-refractivity contribution is 0.827. The zero-order valence-corrected chi connectivity index (χ0v) is 13.2. The average Bonchev–Trinajstić information content (AvgIpc) is 2.90. The Morgan fingerprint density at radius 3 is 2.52 bits per heavy atom. The second-order valence-corrected chi connectivity index (χ2v) is 5.68. The number of fused-ring (bicyclic) bond motifs is 3. The van der Waals surface area contributed by atoms with Crippen LogP contribution in [0.5, 0.6) is 0 Å². The van der Waals surface area contributed by atoms with Gasteiger partial charge in [-0.2, -0.15) is 5.10 Å². The average molecular weight is 302 g/mol. The fourth-order valence-corrected chi connectivity index (χ4v) is 3.09. The molecule has 0 aliphatic carbocycles. The van der Waals surface area contributed by atoms with E-state index in [0.29, 0.717) is 0 Å². The van der Waals surface area contributed by atoms with Crippen LogP contribution < -0.4 is 5.32 Å². The summed E-state index contributed by atoms with van der Waals surface area (Å²) >= 11 is 0. The van der Waals surface area contributed by atoms with E-state index in [0.717, 1.165) is 23.7 Å². The van der Waals surface area contributed by atoms with Crippen LogP contribution in [-0.4, -0.2) is 14.8 Å². The van der Waals surface area contributed by atoms with Gasteiger partial charge in [-0.1, -0.05) is 18.2 Å². The highest BCUT2D eigenvalue weighted by molar-refractivity contribution is 6.09. The molecule has 0 fully saturated rings. The molecule has 0 bridgehead atoms. The summed E-state index contributed by atoms with van der Waals surface area (Å²) in [5.41, 5.74) is 4.47. The lowest BCUT2D eigenvalue weighted by Crippen LogP contribution is -1.96. The number of nitrogens with zero attached hydrogens (tertiary/aromatic N) is 3. The molecule has 23 heavy (non-hydrogen) atoms. The first-order valence-corrected chi connectivity index (χ1v) is 7.84. The van der Waals surface area contributed by atoms with Crippen molar-refractivity contribution in [3.8, 4) is 0 Å². The van der Waals surface area contributed by atoms with Gasteiger partial charge in [-0.05, 0) is 50.2 Å². The largest absolute Gasteiger partial charge is 0.341 e. The second-order valence-electron chi connectivity index (χ2n) is 5.68. The summed E-state index contributed by atoms with van der Waals surface area (Å²) in [4.78, 5) is 0. The smallest absolute Gasteiger partial charge is 0.153 e. The number of aromatic nitrogens is 3. The predicted molar refractivity (Wildman–Crippen MR) is 95.2 cm³/mol. The van der Waals surface area contributed by atoms with Crippen molar-refractivity contribution in [1.82, 2.24) is 14.8 Å². The SMILES string of the molecule is CCn1c2ccccc2c2cc(Nc3ccc(C)nn3)ccc21. The van der Waals surface area contributed by atoms with E-state index >= 15 is 0 Å². The third-order valence-electron chi connectivity index (χ3n) is 4.16. The normalized spacial score (nSPS) is 11.2. The van der Waals surface area contributed by atoms with Crippen LogP contribution in [0.15, 0.2) is 54.6 Å². The molecule has 4 aromatic rings. The summed E-state index contributed by atoms with van der Waals surface area (Å²) in [6.45, 7) is 5.07. The minimum atomic E-state index is 0.758. The Balaban J connectivity index is 1.84. The summed E-state index contributed by atoms with van der Waals surface area (Å²) in [6, 6.07) is 18.9. The fraction of sp³-hybridized carbons (Fsp3) is 0.158. The molecular formula is C19H18N4. The van der Waals surface area contributed by atoms with Gasteiger partial charge in [0.05, 0.1) is 5.69 Å². The molecule has 2 aromatic carbocycles. The van der Waals surface area contributed by atoms with Gasteiger partial charge in [-0.15, -0.1) is 5.10 Å². The van der Waals surface area contributed by atoms with Crippen molar-refractivity contribution in [3.63, 3.8) is 0 Å². The van der Waals surface area contributed by atoms with Gasteiger partial charge in [0.25, 0.3) is 0 Å². The van der Waals surface area contributed by atoms with Crippen LogP contribution in [0.4, 0.5) is 11.5 Å². The molecule has 4 rings (SSSR count). The van der Waals surface area contributed by atoms with E-state index in [4.69, 9.17) is 0 Å². The summed E-state index contributed by atoms with van der Waals surface area (Å²) in [6.07, 6.45) is 0. The van der Waals surface area contributed by atoms with Gasteiger partial charge in [-0.25, -0.2) is 0 Å². The van der Waals surface area contributed by atoms with Crippen LogP contribution in [0.1, 0.15) is 12.6 Å². The molecule has 0 unspecified atom stereocenters. The molecule has 4 heteroatoms. The predicted octanol–water partition coefficient (Wildman–Crippen LogP) is 4.66. The van der Waals surface area contributed by atoms with E-state index in [9.17, 15) is 0 Å². The molecule has 0 atom stereocenters. The Kier molecular flexibility index (Phi) is 3.23. The van der Waals surface area contributed by atoms with Crippen LogP contribution >= 0.6 is 0 Å². The number of hydrogen-bond donors (Lipinski definition) is 1. The molecule has 4 nitrogen and oxygen atoms in total. The first-order chi connectivity index (χ1) is 11.3. The standard InChI is InChI=1S/C19H18N4/c1-3-23-17-7-5-4-6-15(17)16-12-14(9-10-18(16)23)20-19-11-8-13(2)21-22-19/h4-12H,3H2,1-2H3,(H,20,22). The van der Waals surface area contributed by atoms with Gasteiger partial charge in [0.1, 0.15) is 0 Å². The lowest BCUT2D eigenvalue weighted by Gasteiger charge is -2.06. The van der Waals surface area contributed by atoms with Gasteiger partial charge in [-0.3, -0.25) is 0 Å². The summed E-state index contributed by atoms with van der Waals surface area (Å²) in [7, 11) is 0. The topological polar surface area (TPSA) is 42.7 Å². The number of para-hydroxylation sites is 1. The molecule has 0 spiro atoms. The van der Waals surface area contributed by atoms with Crippen molar-refractivity contribution in [2.24, 2.45) is 0 Å². The van der Waals surface area contributed by atoms with Crippen molar-refractivity contribution in [2.45, 2.75) is 20.4 Å². The first-order valence-electron chi connectivity index (χ1n) is 7.84. The van der Waals surface area contributed by atoms with Crippen molar-refractivity contribution >= 4 is 33.3 Å². The maximum Gasteiger partial charge on any atom is 0.153 e. The van der Waals surface area contributed by atoms with Gasteiger partial charge >= 0.3 is 0 Å². The Hall–Kier alpha value is -2.88. The van der Waals surface area contributed by atoms with Crippen LogP contribution in [0.2, 0.25) is 0 Å². The number of benzene rings is 2. The van der Waals surface area contributed by atoms with Gasteiger partial charge in [0.2, 0.25) is 0 Å². The number of anilines is 2. The molecule has 0 saturated heterocycles. The molecule has 114 valence electrons. The fourth-order valence-electron chi connectivity index (χ4n) is 3.09. The van der Waals surface area contributed by atoms with Crippen molar-refractivity contribution in [3.05, 3.63) is 60.3 Å². The molecule has 0 amide bonds. The summed E-state index contributed by atoms with van der Waals surface area (Å²) in [5, 5.41) is 14.1.